The van der Waals surface area contributed by atoms with Crippen LogP contribution >= 0.6 is 15.9 Å². The molecule has 0 aromatic heterocycles. The molecule has 0 amide bonds. The predicted molar refractivity (Wildman–Crippen MR) is 85.9 cm³/mol. The van der Waals surface area contributed by atoms with Crippen molar-refractivity contribution in [2.45, 2.75) is 19.4 Å². The summed E-state index contributed by atoms with van der Waals surface area (Å²) in [5.74, 6) is 1.08. The molecule has 0 saturated heterocycles. The molecule has 0 aliphatic heterocycles. The van der Waals surface area contributed by atoms with E-state index in [4.69, 9.17) is 9.47 Å². The predicted octanol–water partition coefficient (Wildman–Crippen LogP) is 4.35. The van der Waals surface area contributed by atoms with Gasteiger partial charge in [-0.25, -0.2) is 0 Å². The maximum atomic E-state index is 11.5. The van der Waals surface area contributed by atoms with Gasteiger partial charge in [0.25, 0.3) is 0 Å². The Bertz CT molecular complexity index is 552. The van der Waals surface area contributed by atoms with Crippen molar-refractivity contribution in [3.63, 3.8) is 0 Å². The molecular weight excluding hydrogens is 332 g/mol. The van der Waals surface area contributed by atoms with Crippen molar-refractivity contribution < 1.29 is 14.3 Å². The number of carbonyl (C=O) groups excluding carboxylic acids is 1. The summed E-state index contributed by atoms with van der Waals surface area (Å²) in [4.78, 5) is 11.5. The lowest BCUT2D eigenvalue weighted by molar-refractivity contribution is -0.134. The van der Waals surface area contributed by atoms with Gasteiger partial charge in [-0.2, -0.15) is 0 Å². The van der Waals surface area contributed by atoms with Crippen molar-refractivity contribution >= 4 is 21.9 Å². The molecule has 0 saturated carbocycles. The Hall–Kier alpha value is -1.81. The van der Waals surface area contributed by atoms with Gasteiger partial charge < -0.3 is 9.47 Å². The minimum atomic E-state index is -0.215. The molecule has 2 aromatic carbocycles. The van der Waals surface area contributed by atoms with E-state index in [1.807, 2.05) is 30.3 Å². The van der Waals surface area contributed by atoms with Crippen LogP contribution in [0.3, 0.4) is 0 Å². The van der Waals surface area contributed by atoms with Crippen LogP contribution in [0.25, 0.3) is 0 Å². The van der Waals surface area contributed by atoms with Crippen molar-refractivity contribution in [1.82, 2.24) is 0 Å². The average molecular weight is 349 g/mol. The molecule has 21 heavy (non-hydrogen) atoms. The molecule has 110 valence electrons. The second-order valence-electron chi connectivity index (χ2n) is 4.51. The molecule has 2 aromatic rings. The summed E-state index contributed by atoms with van der Waals surface area (Å²) in [6.45, 7) is 0.519. The fraction of sp³-hybridized carbons (Fsp3) is 0.235. The number of halogens is 1. The molecule has 0 N–H and O–H groups in total. The lowest BCUT2D eigenvalue weighted by Crippen LogP contribution is -2.07. The third kappa shape index (κ3) is 5.60. The molecule has 0 heterocycles. The molecule has 0 radical (unpaired) electrons. The van der Waals surface area contributed by atoms with Crippen LogP contribution in [0.1, 0.15) is 18.4 Å². The summed E-state index contributed by atoms with van der Waals surface area (Å²) in [5, 5.41) is 0.800. The summed E-state index contributed by atoms with van der Waals surface area (Å²) in [6.07, 6.45) is 1.19. The van der Waals surface area contributed by atoms with Gasteiger partial charge in [0, 0.05) is 11.8 Å². The van der Waals surface area contributed by atoms with Gasteiger partial charge in [0.2, 0.25) is 0 Å². The first-order chi connectivity index (χ1) is 10.3. The van der Waals surface area contributed by atoms with Crippen LogP contribution in [0.4, 0.5) is 0 Å². The van der Waals surface area contributed by atoms with Crippen LogP contribution in [0.5, 0.6) is 11.5 Å². The first-order valence-corrected chi connectivity index (χ1v) is 7.93. The van der Waals surface area contributed by atoms with E-state index >= 15 is 0 Å². The highest BCUT2D eigenvalue weighted by atomic mass is 79.9. The third-order valence-electron chi connectivity index (χ3n) is 2.82. The lowest BCUT2D eigenvalue weighted by atomic mass is 10.2. The van der Waals surface area contributed by atoms with Gasteiger partial charge in [-0.3, -0.25) is 4.79 Å². The molecule has 4 heteroatoms. The van der Waals surface area contributed by atoms with Crippen LogP contribution in [-0.4, -0.2) is 11.3 Å². The molecule has 0 spiro atoms. The molecule has 3 nitrogen and oxygen atoms in total. The van der Waals surface area contributed by atoms with E-state index in [0.717, 1.165) is 23.1 Å². The Morgan fingerprint density at radius 3 is 2.29 bits per heavy atom. The Morgan fingerprint density at radius 1 is 0.952 bits per heavy atom. The largest absolute Gasteiger partial charge is 0.489 e. The smallest absolute Gasteiger partial charge is 0.311 e. The fourth-order valence-electron chi connectivity index (χ4n) is 1.74. The monoisotopic (exact) mass is 348 g/mol. The number of carbonyl (C=O) groups is 1. The standard InChI is InChI=1S/C17H17BrO3/c18-12-4-7-17(19)21-16-10-8-15(9-11-16)20-13-14-5-2-1-3-6-14/h1-3,5-6,8-11H,4,7,12-13H2. The quantitative estimate of drug-likeness (QED) is 0.424. The number of alkyl halides is 1. The number of esters is 1. The van der Waals surface area contributed by atoms with E-state index in [0.29, 0.717) is 18.8 Å². The SMILES string of the molecule is O=C(CCCBr)Oc1ccc(OCc2ccccc2)cc1. The molecule has 2 rings (SSSR count). The highest BCUT2D eigenvalue weighted by molar-refractivity contribution is 9.09. The Morgan fingerprint density at radius 2 is 1.62 bits per heavy atom. The summed E-state index contributed by atoms with van der Waals surface area (Å²) < 4.78 is 10.9. The topological polar surface area (TPSA) is 35.5 Å². The third-order valence-corrected chi connectivity index (χ3v) is 3.38. The van der Waals surface area contributed by atoms with Gasteiger partial charge in [0.15, 0.2) is 0 Å². The van der Waals surface area contributed by atoms with E-state index in [1.165, 1.54) is 0 Å². The Labute approximate surface area is 133 Å². The van der Waals surface area contributed by atoms with E-state index in [-0.39, 0.29) is 5.97 Å². The summed E-state index contributed by atoms with van der Waals surface area (Å²) in [7, 11) is 0. The molecular formula is C17H17BrO3. The molecule has 0 bridgehead atoms. The zero-order valence-corrected chi connectivity index (χ0v) is 13.2. The molecule has 0 unspecified atom stereocenters. The van der Waals surface area contributed by atoms with Gasteiger partial charge in [-0.05, 0) is 36.2 Å². The second-order valence-corrected chi connectivity index (χ2v) is 5.31. The van der Waals surface area contributed by atoms with Crippen LogP contribution < -0.4 is 9.47 Å². The van der Waals surface area contributed by atoms with Crippen molar-refractivity contribution in [1.29, 1.82) is 0 Å². The minimum absolute atomic E-state index is 0.215. The molecule has 0 atom stereocenters. The van der Waals surface area contributed by atoms with Gasteiger partial charge in [0.1, 0.15) is 18.1 Å². The van der Waals surface area contributed by atoms with Gasteiger partial charge in [-0.1, -0.05) is 46.3 Å². The maximum Gasteiger partial charge on any atom is 0.311 e. The first-order valence-electron chi connectivity index (χ1n) is 6.81. The zero-order chi connectivity index (χ0) is 14.9. The average Bonchev–Trinajstić information content (AvgIpc) is 2.53. The minimum Gasteiger partial charge on any atom is -0.489 e. The van der Waals surface area contributed by atoms with Crippen molar-refractivity contribution in [2.75, 3.05) is 5.33 Å². The Balaban J connectivity index is 1.83. The van der Waals surface area contributed by atoms with Crippen LogP contribution in [0.2, 0.25) is 0 Å². The number of ether oxygens (including phenoxy) is 2. The molecule has 0 aliphatic carbocycles. The van der Waals surface area contributed by atoms with Crippen molar-refractivity contribution in [3.05, 3.63) is 60.2 Å². The van der Waals surface area contributed by atoms with E-state index in [1.54, 1.807) is 24.3 Å². The summed E-state index contributed by atoms with van der Waals surface area (Å²) in [5.41, 5.74) is 1.11. The molecule has 0 fully saturated rings. The van der Waals surface area contributed by atoms with Crippen molar-refractivity contribution in [3.8, 4) is 11.5 Å². The van der Waals surface area contributed by atoms with Gasteiger partial charge in [0.05, 0.1) is 0 Å². The maximum absolute atomic E-state index is 11.5. The lowest BCUT2D eigenvalue weighted by Gasteiger charge is -2.08. The number of hydrogen-bond acceptors (Lipinski definition) is 3. The van der Waals surface area contributed by atoms with E-state index in [9.17, 15) is 4.79 Å². The normalized spacial score (nSPS) is 10.1. The Kier molecular flexibility index (Phi) is 6.28. The fourth-order valence-corrected chi connectivity index (χ4v) is 2.02. The van der Waals surface area contributed by atoms with Crippen molar-refractivity contribution in [2.24, 2.45) is 0 Å². The van der Waals surface area contributed by atoms with Gasteiger partial charge in [-0.15, -0.1) is 0 Å². The second kappa shape index (κ2) is 8.47. The van der Waals surface area contributed by atoms with E-state index < -0.39 is 0 Å². The summed E-state index contributed by atoms with van der Waals surface area (Å²) >= 11 is 3.28. The summed E-state index contributed by atoms with van der Waals surface area (Å²) in [6, 6.07) is 17.1. The highest BCUT2D eigenvalue weighted by Crippen LogP contribution is 2.19. The molecule has 0 aliphatic rings. The highest BCUT2D eigenvalue weighted by Gasteiger charge is 2.04. The first kappa shape index (κ1) is 15.6. The van der Waals surface area contributed by atoms with Crippen LogP contribution in [-0.2, 0) is 11.4 Å². The number of benzene rings is 2. The van der Waals surface area contributed by atoms with Gasteiger partial charge >= 0.3 is 5.97 Å². The number of hydrogen-bond donors (Lipinski definition) is 0. The number of rotatable bonds is 7. The zero-order valence-electron chi connectivity index (χ0n) is 11.6. The van der Waals surface area contributed by atoms with Crippen LogP contribution in [0.15, 0.2) is 54.6 Å². The van der Waals surface area contributed by atoms with Crippen LogP contribution in [0, 0.1) is 0 Å². The van der Waals surface area contributed by atoms with E-state index in [2.05, 4.69) is 15.9 Å².